The van der Waals surface area contributed by atoms with Gasteiger partial charge in [0.1, 0.15) is 25.1 Å². The van der Waals surface area contributed by atoms with Crippen LogP contribution in [0.4, 0.5) is 0 Å². The van der Waals surface area contributed by atoms with Gasteiger partial charge in [-0.05, 0) is 68.5 Å². The zero-order chi connectivity index (χ0) is 24.8. The summed E-state index contributed by atoms with van der Waals surface area (Å²) in [5.41, 5.74) is 5.21. The molecule has 0 aliphatic rings. The van der Waals surface area contributed by atoms with Crippen molar-refractivity contribution in [3.63, 3.8) is 0 Å². The highest BCUT2D eigenvalue weighted by Gasteiger charge is 2.16. The van der Waals surface area contributed by atoms with Crippen molar-refractivity contribution in [2.75, 3.05) is 19.8 Å². The molecule has 9 heteroatoms. The van der Waals surface area contributed by atoms with E-state index in [1.807, 2.05) is 45.0 Å². The Kier molecular flexibility index (Phi) is 8.36. The van der Waals surface area contributed by atoms with Crippen LogP contribution >= 0.6 is 0 Å². The zero-order valence-corrected chi connectivity index (χ0v) is 20.3. The number of carbonyl (C=O) groups excluding carboxylic acids is 1. The lowest BCUT2D eigenvalue weighted by Crippen LogP contribution is -2.36. The second-order valence-electron chi connectivity index (χ2n) is 8.87. The van der Waals surface area contributed by atoms with Gasteiger partial charge in [-0.15, -0.1) is 10.2 Å². The normalized spacial score (nSPS) is 12.1. The molecule has 3 rings (SSSR count). The van der Waals surface area contributed by atoms with Gasteiger partial charge in [-0.25, -0.2) is 0 Å². The molecule has 0 bridgehead atoms. The highest BCUT2D eigenvalue weighted by molar-refractivity contribution is 5.76. The fourth-order valence-corrected chi connectivity index (χ4v) is 3.67. The number of ether oxygens (including phenoxy) is 1. The minimum Gasteiger partial charge on any atom is -0.490 e. The Hall–Kier alpha value is -3.30. The Morgan fingerprint density at radius 3 is 2.26 bits per heavy atom. The third-order valence-corrected chi connectivity index (χ3v) is 5.10. The highest BCUT2D eigenvalue weighted by atomic mass is 16.5. The van der Waals surface area contributed by atoms with E-state index in [0.717, 1.165) is 40.1 Å². The van der Waals surface area contributed by atoms with Gasteiger partial charge in [-0.3, -0.25) is 9.78 Å². The third kappa shape index (κ3) is 6.61. The van der Waals surface area contributed by atoms with Crippen LogP contribution in [0.5, 0.6) is 5.75 Å². The molecule has 0 spiro atoms. The maximum absolute atomic E-state index is 11.1. The van der Waals surface area contributed by atoms with Crippen LogP contribution in [0.2, 0.25) is 0 Å². The largest absolute Gasteiger partial charge is 0.490 e. The number of rotatable bonds is 10. The van der Waals surface area contributed by atoms with Crippen LogP contribution in [-0.4, -0.2) is 57.2 Å². The number of hydrogen-bond acceptors (Lipinski definition) is 8. The molecule has 3 N–H and O–H groups in total. The molecule has 0 saturated carbocycles. The van der Waals surface area contributed by atoms with Gasteiger partial charge in [0.2, 0.25) is 17.7 Å². The van der Waals surface area contributed by atoms with Crippen LogP contribution in [0.15, 0.2) is 28.7 Å². The third-order valence-electron chi connectivity index (χ3n) is 5.10. The van der Waals surface area contributed by atoms with Gasteiger partial charge in [-0.2, -0.15) is 0 Å². The van der Waals surface area contributed by atoms with Crippen molar-refractivity contribution in [2.45, 2.75) is 47.1 Å². The van der Waals surface area contributed by atoms with Crippen molar-refractivity contribution in [2.24, 2.45) is 5.92 Å². The van der Waals surface area contributed by atoms with Crippen LogP contribution in [0.3, 0.4) is 0 Å². The minimum absolute atomic E-state index is 0.00244. The van der Waals surface area contributed by atoms with Gasteiger partial charge in [0.25, 0.3) is 0 Å². The smallest absolute Gasteiger partial charge is 0.248 e. The van der Waals surface area contributed by atoms with E-state index in [2.05, 4.69) is 34.3 Å². The van der Waals surface area contributed by atoms with E-state index in [9.17, 15) is 9.90 Å². The first-order valence-electron chi connectivity index (χ1n) is 11.3. The molecule has 1 atom stereocenters. The minimum atomic E-state index is -0.906. The van der Waals surface area contributed by atoms with E-state index in [-0.39, 0.29) is 13.2 Å². The van der Waals surface area contributed by atoms with Crippen LogP contribution in [-0.2, 0) is 11.2 Å². The Balaban J connectivity index is 1.75. The summed E-state index contributed by atoms with van der Waals surface area (Å²) in [6.45, 7) is 9.43. The van der Waals surface area contributed by atoms with E-state index in [1.54, 1.807) is 0 Å². The lowest BCUT2D eigenvalue weighted by atomic mass is 10.1. The summed E-state index contributed by atoms with van der Waals surface area (Å²) in [6, 6.07) is 7.71. The molecule has 1 amide bonds. The quantitative estimate of drug-likeness (QED) is 0.414. The van der Waals surface area contributed by atoms with Crippen molar-refractivity contribution >= 4 is 5.91 Å². The molecule has 0 radical (unpaired) electrons. The number of benzene rings is 1. The van der Waals surface area contributed by atoms with E-state index in [4.69, 9.17) is 14.3 Å². The Labute approximate surface area is 199 Å². The Morgan fingerprint density at radius 1 is 1.06 bits per heavy atom. The van der Waals surface area contributed by atoms with Gasteiger partial charge in [0, 0.05) is 29.1 Å². The lowest BCUT2D eigenvalue weighted by Gasteiger charge is -2.16. The number of aryl methyl sites for hydroxylation is 3. The summed E-state index contributed by atoms with van der Waals surface area (Å²) < 4.78 is 11.8. The first kappa shape index (κ1) is 25.3. The molecular formula is C25H32N4O5. The molecule has 2 heterocycles. The second kappa shape index (κ2) is 11.2. The molecule has 1 unspecified atom stereocenters. The number of pyridine rings is 1. The zero-order valence-electron chi connectivity index (χ0n) is 20.3. The summed E-state index contributed by atoms with van der Waals surface area (Å²) >= 11 is 0. The number of aliphatic hydroxyl groups excluding tert-OH is 2. The van der Waals surface area contributed by atoms with Gasteiger partial charge in [0.15, 0.2) is 0 Å². The SMILES string of the molecule is Cc1cc(-c2nnc(-c3cc(C)c(OCC(O)CNC(=O)CO)c(C)c3)o2)cc(CC(C)C)n1. The molecule has 0 fully saturated rings. The van der Waals surface area contributed by atoms with Crippen molar-refractivity contribution in [3.05, 3.63) is 46.8 Å². The number of amides is 1. The van der Waals surface area contributed by atoms with Crippen molar-refractivity contribution in [1.82, 2.24) is 20.5 Å². The van der Waals surface area contributed by atoms with Gasteiger partial charge in [-0.1, -0.05) is 13.8 Å². The van der Waals surface area contributed by atoms with E-state index in [0.29, 0.717) is 23.4 Å². The molecule has 0 saturated heterocycles. The topological polar surface area (TPSA) is 131 Å². The summed E-state index contributed by atoms with van der Waals surface area (Å²) in [5.74, 6) is 1.42. The van der Waals surface area contributed by atoms with Crippen molar-refractivity contribution < 1.29 is 24.2 Å². The van der Waals surface area contributed by atoms with Crippen molar-refractivity contribution in [3.8, 4) is 28.7 Å². The predicted octanol–water partition coefficient (Wildman–Crippen LogP) is 2.77. The van der Waals surface area contributed by atoms with Gasteiger partial charge in [0.05, 0.1) is 0 Å². The highest BCUT2D eigenvalue weighted by Crippen LogP contribution is 2.31. The van der Waals surface area contributed by atoms with E-state index in [1.165, 1.54) is 0 Å². The van der Waals surface area contributed by atoms with E-state index < -0.39 is 18.6 Å². The number of aliphatic hydroxyl groups is 2. The summed E-state index contributed by atoms with van der Waals surface area (Å²) in [4.78, 5) is 15.7. The average molecular weight is 469 g/mol. The fourth-order valence-electron chi connectivity index (χ4n) is 3.67. The summed E-state index contributed by atoms with van der Waals surface area (Å²) in [5, 5.41) is 29.6. The summed E-state index contributed by atoms with van der Waals surface area (Å²) in [7, 11) is 0. The molecular weight excluding hydrogens is 436 g/mol. The molecule has 3 aromatic rings. The maximum Gasteiger partial charge on any atom is 0.248 e. The number of nitrogens with one attached hydrogen (secondary N) is 1. The predicted molar refractivity (Wildman–Crippen MR) is 127 cm³/mol. The molecule has 9 nitrogen and oxygen atoms in total. The van der Waals surface area contributed by atoms with Crippen LogP contribution in [0, 0.1) is 26.7 Å². The monoisotopic (exact) mass is 468 g/mol. The Bertz CT molecular complexity index is 1120. The molecule has 0 aliphatic carbocycles. The summed E-state index contributed by atoms with van der Waals surface area (Å²) in [6.07, 6.45) is -0.0326. The first-order valence-corrected chi connectivity index (χ1v) is 11.3. The first-order chi connectivity index (χ1) is 16.2. The molecule has 34 heavy (non-hydrogen) atoms. The number of carbonyl (C=O) groups is 1. The Morgan fingerprint density at radius 2 is 1.68 bits per heavy atom. The van der Waals surface area contributed by atoms with E-state index >= 15 is 0 Å². The number of hydrogen-bond donors (Lipinski definition) is 3. The molecule has 1 aromatic carbocycles. The van der Waals surface area contributed by atoms with Crippen LogP contribution in [0.1, 0.15) is 36.4 Å². The standard InChI is InChI=1S/C25H32N4O5/c1-14(2)6-20-10-19(9-17(5)27-20)25-29-28-24(34-25)18-7-15(3)23(16(4)8-18)33-13-21(31)11-26-22(32)12-30/h7-10,14,21,30-31H,6,11-13H2,1-5H3,(H,26,32). The maximum atomic E-state index is 11.1. The average Bonchev–Trinajstić information content (AvgIpc) is 3.26. The van der Waals surface area contributed by atoms with Crippen molar-refractivity contribution in [1.29, 1.82) is 0 Å². The van der Waals surface area contributed by atoms with Crippen LogP contribution < -0.4 is 10.1 Å². The number of aromatic nitrogens is 3. The lowest BCUT2D eigenvalue weighted by molar-refractivity contribution is -0.124. The fraction of sp³-hybridized carbons (Fsp3) is 0.440. The molecule has 0 aliphatic heterocycles. The van der Waals surface area contributed by atoms with Gasteiger partial charge >= 0.3 is 0 Å². The molecule has 182 valence electrons. The number of nitrogens with zero attached hydrogens (tertiary/aromatic N) is 3. The molecule has 2 aromatic heterocycles. The van der Waals surface area contributed by atoms with Gasteiger partial charge < -0.3 is 24.7 Å². The second-order valence-corrected chi connectivity index (χ2v) is 8.87. The van der Waals surface area contributed by atoms with Crippen LogP contribution in [0.25, 0.3) is 22.9 Å².